The Balaban J connectivity index is 0.00000274. The van der Waals surface area contributed by atoms with E-state index in [4.69, 9.17) is 10.7 Å². The number of hydrogen-bond donors (Lipinski definition) is 2. The highest BCUT2D eigenvalue weighted by Gasteiger charge is 2.13. The molecule has 0 fully saturated rings. The first-order valence-corrected chi connectivity index (χ1v) is 11.1. The summed E-state index contributed by atoms with van der Waals surface area (Å²) in [7, 11) is 0. The molecule has 0 bridgehead atoms. The predicted molar refractivity (Wildman–Crippen MR) is 142 cm³/mol. The maximum absolute atomic E-state index is 6.35. The number of nitrogens with zero attached hydrogens (tertiary/aromatic N) is 3. The molecule has 0 saturated carbocycles. The molecule has 5 aromatic rings. The Bertz CT molecular complexity index is 1360. The monoisotopic (exact) mass is 467 g/mol. The van der Waals surface area contributed by atoms with Crippen molar-refractivity contribution in [3.63, 3.8) is 0 Å². The van der Waals surface area contributed by atoms with Crippen LogP contribution in [0, 0.1) is 0 Å². The van der Waals surface area contributed by atoms with Gasteiger partial charge in [0.2, 0.25) is 5.95 Å². The van der Waals surface area contributed by atoms with E-state index in [0.29, 0.717) is 12.5 Å². The summed E-state index contributed by atoms with van der Waals surface area (Å²) in [6.45, 7) is 0.583. The molecule has 0 spiro atoms. The first kappa shape index (κ1) is 23.4. The predicted octanol–water partition coefficient (Wildman–Crippen LogP) is 5.76. The van der Waals surface area contributed by atoms with E-state index in [1.165, 1.54) is 16.3 Å². The summed E-state index contributed by atoms with van der Waals surface area (Å²) in [5, 5.41) is 5.71. The Kier molecular flexibility index (Phi) is 7.48. The molecule has 0 amide bonds. The van der Waals surface area contributed by atoms with Gasteiger partial charge in [-0.2, -0.15) is 0 Å². The minimum absolute atomic E-state index is 0. The molecule has 170 valence electrons. The molecule has 5 rings (SSSR count). The second-order valence-electron chi connectivity index (χ2n) is 8.08. The Hall–Kier alpha value is -3.80. The van der Waals surface area contributed by atoms with Gasteiger partial charge in [-0.1, -0.05) is 66.7 Å². The molecular weight excluding hydrogens is 442 g/mol. The molecule has 3 N–H and O–H groups in total. The fraction of sp³-hybridized carbons (Fsp3) is 0.107. The highest BCUT2D eigenvalue weighted by molar-refractivity contribution is 5.90. The quantitative estimate of drug-likeness (QED) is 0.318. The number of halogens is 1. The van der Waals surface area contributed by atoms with Crippen LogP contribution in [-0.2, 0) is 6.42 Å². The third-order valence-corrected chi connectivity index (χ3v) is 5.67. The number of nitrogens with one attached hydrogen (secondary N) is 1. The van der Waals surface area contributed by atoms with Crippen LogP contribution in [-0.4, -0.2) is 27.5 Å². The lowest BCUT2D eigenvalue weighted by atomic mass is 9.98. The van der Waals surface area contributed by atoms with Gasteiger partial charge in [0.05, 0.1) is 5.69 Å². The molecule has 0 saturated heterocycles. The summed E-state index contributed by atoms with van der Waals surface area (Å²) in [5.41, 5.74) is 11.5. The molecule has 34 heavy (non-hydrogen) atoms. The first-order chi connectivity index (χ1) is 16.3. The SMILES string of the molecule is Cl.N[C@@H](CNc1ncc(-c2ccc3ccccc3c2)c(-c2ccncc2)n1)Cc1ccccc1. The number of aromatic nitrogens is 3. The van der Waals surface area contributed by atoms with E-state index in [-0.39, 0.29) is 18.4 Å². The number of fused-ring (bicyclic) bond motifs is 1. The van der Waals surface area contributed by atoms with Crippen molar-refractivity contribution in [2.75, 3.05) is 11.9 Å². The smallest absolute Gasteiger partial charge is 0.223 e. The minimum Gasteiger partial charge on any atom is -0.353 e. The zero-order valence-electron chi connectivity index (χ0n) is 18.6. The average molecular weight is 468 g/mol. The van der Waals surface area contributed by atoms with Crippen LogP contribution in [0.2, 0.25) is 0 Å². The molecular formula is C28H26ClN5. The van der Waals surface area contributed by atoms with Crippen molar-refractivity contribution >= 4 is 29.1 Å². The van der Waals surface area contributed by atoms with Crippen LogP contribution >= 0.6 is 12.4 Å². The van der Waals surface area contributed by atoms with Gasteiger partial charge in [-0.25, -0.2) is 9.97 Å². The molecule has 2 heterocycles. The first-order valence-electron chi connectivity index (χ1n) is 11.1. The summed E-state index contributed by atoms with van der Waals surface area (Å²) in [4.78, 5) is 13.6. The topological polar surface area (TPSA) is 76.7 Å². The molecule has 0 unspecified atom stereocenters. The number of benzene rings is 3. The van der Waals surface area contributed by atoms with E-state index in [2.05, 4.69) is 69.9 Å². The van der Waals surface area contributed by atoms with E-state index >= 15 is 0 Å². The van der Waals surface area contributed by atoms with Gasteiger partial charge in [0.25, 0.3) is 0 Å². The summed E-state index contributed by atoms with van der Waals surface area (Å²) in [6, 6.07) is 28.9. The van der Waals surface area contributed by atoms with Gasteiger partial charge in [-0.05, 0) is 46.5 Å². The van der Waals surface area contributed by atoms with Crippen molar-refractivity contribution < 1.29 is 0 Å². The summed E-state index contributed by atoms with van der Waals surface area (Å²) < 4.78 is 0. The van der Waals surface area contributed by atoms with Crippen molar-refractivity contribution in [3.8, 4) is 22.4 Å². The molecule has 0 aliphatic carbocycles. The third-order valence-electron chi connectivity index (χ3n) is 5.67. The van der Waals surface area contributed by atoms with Gasteiger partial charge >= 0.3 is 0 Å². The number of hydrogen-bond acceptors (Lipinski definition) is 5. The van der Waals surface area contributed by atoms with Gasteiger partial charge in [0, 0.05) is 42.3 Å². The number of rotatable bonds is 7. The van der Waals surface area contributed by atoms with Gasteiger partial charge in [0.15, 0.2) is 0 Å². The molecule has 2 aromatic heterocycles. The van der Waals surface area contributed by atoms with E-state index in [0.717, 1.165) is 28.8 Å². The van der Waals surface area contributed by atoms with Crippen LogP contribution in [0.3, 0.4) is 0 Å². The molecule has 5 nitrogen and oxygen atoms in total. The van der Waals surface area contributed by atoms with Crippen molar-refractivity contribution in [3.05, 3.63) is 109 Å². The number of pyridine rings is 1. The largest absolute Gasteiger partial charge is 0.353 e. The Labute approximate surface area is 205 Å². The Morgan fingerprint density at radius 1 is 0.794 bits per heavy atom. The van der Waals surface area contributed by atoms with E-state index in [9.17, 15) is 0 Å². The van der Waals surface area contributed by atoms with Gasteiger partial charge in [0.1, 0.15) is 0 Å². The van der Waals surface area contributed by atoms with E-state index < -0.39 is 0 Å². The minimum atomic E-state index is -0.0412. The lowest BCUT2D eigenvalue weighted by molar-refractivity contribution is 0.696. The van der Waals surface area contributed by atoms with Crippen LogP contribution in [0.5, 0.6) is 0 Å². The fourth-order valence-corrected chi connectivity index (χ4v) is 3.98. The van der Waals surface area contributed by atoms with Crippen LogP contribution in [0.15, 0.2) is 104 Å². The maximum atomic E-state index is 6.35. The van der Waals surface area contributed by atoms with Crippen molar-refractivity contribution in [1.82, 2.24) is 15.0 Å². The fourth-order valence-electron chi connectivity index (χ4n) is 3.98. The highest BCUT2D eigenvalue weighted by Crippen LogP contribution is 2.32. The second-order valence-corrected chi connectivity index (χ2v) is 8.08. The highest BCUT2D eigenvalue weighted by atomic mass is 35.5. The van der Waals surface area contributed by atoms with Crippen molar-refractivity contribution in [2.24, 2.45) is 5.73 Å². The number of nitrogens with two attached hydrogens (primary N) is 1. The molecule has 1 atom stereocenters. The molecule has 0 aliphatic rings. The second kappa shape index (κ2) is 10.9. The molecule has 0 radical (unpaired) electrons. The van der Waals surface area contributed by atoms with Crippen molar-refractivity contribution in [1.29, 1.82) is 0 Å². The Morgan fingerprint density at radius 3 is 2.32 bits per heavy atom. The average Bonchev–Trinajstić information content (AvgIpc) is 2.88. The third kappa shape index (κ3) is 5.39. The summed E-state index contributed by atoms with van der Waals surface area (Å²) in [6.07, 6.45) is 6.24. The zero-order chi connectivity index (χ0) is 22.5. The van der Waals surface area contributed by atoms with Crippen LogP contribution in [0.25, 0.3) is 33.2 Å². The van der Waals surface area contributed by atoms with Gasteiger partial charge in [-0.3, -0.25) is 4.98 Å². The molecule has 3 aromatic carbocycles. The lowest BCUT2D eigenvalue weighted by Gasteiger charge is -2.15. The van der Waals surface area contributed by atoms with E-state index in [1.807, 2.05) is 36.5 Å². The van der Waals surface area contributed by atoms with Crippen molar-refractivity contribution in [2.45, 2.75) is 12.5 Å². The van der Waals surface area contributed by atoms with Gasteiger partial charge in [-0.15, -0.1) is 12.4 Å². The Morgan fingerprint density at radius 2 is 1.53 bits per heavy atom. The van der Waals surface area contributed by atoms with Gasteiger partial charge < -0.3 is 11.1 Å². The standard InChI is InChI=1S/C28H25N5.ClH/c29-25(16-20-6-2-1-3-7-20)18-31-28-32-19-26(27(33-28)22-12-14-30-15-13-22)24-11-10-21-8-4-5-9-23(21)17-24;/h1-15,17,19,25H,16,18,29H2,(H,31,32,33);1H/t25-;/m1./s1. The lowest BCUT2D eigenvalue weighted by Crippen LogP contribution is -2.31. The van der Waals surface area contributed by atoms with E-state index in [1.54, 1.807) is 12.4 Å². The molecule has 0 aliphatic heterocycles. The maximum Gasteiger partial charge on any atom is 0.223 e. The van der Waals surface area contributed by atoms with Crippen LogP contribution in [0.1, 0.15) is 5.56 Å². The number of anilines is 1. The van der Waals surface area contributed by atoms with Crippen LogP contribution < -0.4 is 11.1 Å². The zero-order valence-corrected chi connectivity index (χ0v) is 19.5. The summed E-state index contributed by atoms with van der Waals surface area (Å²) >= 11 is 0. The normalized spacial score (nSPS) is 11.6. The van der Waals surface area contributed by atoms with Crippen LogP contribution in [0.4, 0.5) is 5.95 Å². The molecule has 6 heteroatoms. The summed E-state index contributed by atoms with van der Waals surface area (Å²) in [5.74, 6) is 0.565.